The lowest BCUT2D eigenvalue weighted by molar-refractivity contribution is -0.00971. The van der Waals surface area contributed by atoms with Crippen LogP contribution >= 0.6 is 11.6 Å². The van der Waals surface area contributed by atoms with Crippen LogP contribution in [0.15, 0.2) is 18.2 Å². The zero-order chi connectivity index (χ0) is 11.8. The van der Waals surface area contributed by atoms with E-state index < -0.39 is 5.60 Å². The average molecular weight is 241 g/mol. The number of aryl methyl sites for hydroxylation is 1. The summed E-state index contributed by atoms with van der Waals surface area (Å²) in [5.74, 6) is 0.159. The Bertz CT molecular complexity index is 382. The standard InChI is InChI=1S/C13H17ClO2/c1-9-3-4-10(7-12(9)14)13(2,15)11-5-6-16-8-11/h3-4,7,11,15H,5-6,8H2,1-2H3. The molecule has 1 aliphatic heterocycles. The summed E-state index contributed by atoms with van der Waals surface area (Å²) in [7, 11) is 0. The molecule has 1 fully saturated rings. The Morgan fingerprint density at radius 3 is 2.81 bits per heavy atom. The maximum absolute atomic E-state index is 10.6. The minimum Gasteiger partial charge on any atom is -0.385 e. The Morgan fingerprint density at radius 2 is 2.25 bits per heavy atom. The van der Waals surface area contributed by atoms with Crippen molar-refractivity contribution in [3.05, 3.63) is 34.3 Å². The van der Waals surface area contributed by atoms with Crippen molar-refractivity contribution in [2.24, 2.45) is 5.92 Å². The Labute approximate surface area is 101 Å². The van der Waals surface area contributed by atoms with Crippen LogP contribution in [0.25, 0.3) is 0 Å². The van der Waals surface area contributed by atoms with Crippen molar-refractivity contribution in [2.45, 2.75) is 25.9 Å². The maximum Gasteiger partial charge on any atom is 0.0919 e. The van der Waals surface area contributed by atoms with E-state index in [0.29, 0.717) is 11.6 Å². The molecule has 1 aromatic rings. The molecule has 88 valence electrons. The molecule has 0 aromatic heterocycles. The molecule has 2 unspecified atom stereocenters. The maximum atomic E-state index is 10.6. The molecule has 2 atom stereocenters. The van der Waals surface area contributed by atoms with E-state index in [1.807, 2.05) is 32.0 Å². The number of halogens is 1. The van der Waals surface area contributed by atoms with Crippen molar-refractivity contribution in [1.29, 1.82) is 0 Å². The highest BCUT2D eigenvalue weighted by Crippen LogP contribution is 2.36. The third-order valence-electron chi connectivity index (χ3n) is 3.48. The molecule has 0 bridgehead atoms. The van der Waals surface area contributed by atoms with E-state index in [1.54, 1.807) is 0 Å². The molecule has 0 aliphatic carbocycles. The topological polar surface area (TPSA) is 29.5 Å². The van der Waals surface area contributed by atoms with Crippen LogP contribution in [0.1, 0.15) is 24.5 Å². The van der Waals surface area contributed by atoms with Crippen molar-refractivity contribution in [2.75, 3.05) is 13.2 Å². The highest BCUT2D eigenvalue weighted by molar-refractivity contribution is 6.31. The van der Waals surface area contributed by atoms with Crippen LogP contribution in [-0.2, 0) is 10.3 Å². The first-order chi connectivity index (χ1) is 7.51. The summed E-state index contributed by atoms with van der Waals surface area (Å²) >= 11 is 6.08. The summed E-state index contributed by atoms with van der Waals surface area (Å²) in [6, 6.07) is 5.75. The van der Waals surface area contributed by atoms with Crippen LogP contribution in [0.4, 0.5) is 0 Å². The predicted octanol–water partition coefficient (Wildman–Crippen LogP) is 2.89. The van der Waals surface area contributed by atoms with E-state index in [1.165, 1.54) is 0 Å². The van der Waals surface area contributed by atoms with Crippen molar-refractivity contribution in [3.8, 4) is 0 Å². The van der Waals surface area contributed by atoms with Crippen molar-refractivity contribution in [1.82, 2.24) is 0 Å². The first-order valence-corrected chi connectivity index (χ1v) is 5.96. The SMILES string of the molecule is Cc1ccc(C(C)(O)C2CCOC2)cc1Cl. The second-order valence-corrected chi connectivity index (χ2v) is 5.08. The molecule has 3 heteroatoms. The quantitative estimate of drug-likeness (QED) is 0.862. The minimum absolute atomic E-state index is 0.159. The van der Waals surface area contributed by atoms with Gasteiger partial charge in [-0.25, -0.2) is 0 Å². The highest BCUT2D eigenvalue weighted by Gasteiger charge is 2.36. The van der Waals surface area contributed by atoms with Crippen molar-refractivity contribution >= 4 is 11.6 Å². The fraction of sp³-hybridized carbons (Fsp3) is 0.538. The summed E-state index contributed by atoms with van der Waals surface area (Å²) in [6.07, 6.45) is 0.901. The van der Waals surface area contributed by atoms with Crippen LogP contribution in [0.3, 0.4) is 0 Å². The fourth-order valence-electron chi connectivity index (χ4n) is 2.12. The van der Waals surface area contributed by atoms with Crippen LogP contribution < -0.4 is 0 Å². The number of aliphatic hydroxyl groups is 1. The van der Waals surface area contributed by atoms with Crippen LogP contribution in [0, 0.1) is 12.8 Å². The van der Waals surface area contributed by atoms with Gasteiger partial charge in [-0.05, 0) is 37.5 Å². The van der Waals surface area contributed by atoms with Gasteiger partial charge in [-0.1, -0.05) is 23.7 Å². The summed E-state index contributed by atoms with van der Waals surface area (Å²) in [5.41, 5.74) is 1.05. The Hall–Kier alpha value is -0.570. The molecular formula is C13H17ClO2. The second kappa shape index (κ2) is 4.36. The lowest BCUT2D eigenvalue weighted by Crippen LogP contribution is -2.32. The third kappa shape index (κ3) is 2.10. The Morgan fingerprint density at radius 1 is 1.50 bits per heavy atom. The third-order valence-corrected chi connectivity index (χ3v) is 3.89. The molecule has 1 aliphatic rings. The lowest BCUT2D eigenvalue weighted by atomic mass is 9.82. The molecule has 16 heavy (non-hydrogen) atoms. The normalized spacial score (nSPS) is 24.4. The Kier molecular flexibility index (Phi) is 3.24. The van der Waals surface area contributed by atoms with E-state index >= 15 is 0 Å². The van der Waals surface area contributed by atoms with Crippen LogP contribution in [-0.4, -0.2) is 18.3 Å². The molecule has 2 rings (SSSR count). The number of hydrogen-bond donors (Lipinski definition) is 1. The lowest BCUT2D eigenvalue weighted by Gasteiger charge is -2.30. The summed E-state index contributed by atoms with van der Waals surface area (Å²) in [5, 5.41) is 11.3. The van der Waals surface area contributed by atoms with Crippen LogP contribution in [0.5, 0.6) is 0 Å². The van der Waals surface area contributed by atoms with Gasteiger partial charge in [-0.2, -0.15) is 0 Å². The zero-order valence-electron chi connectivity index (χ0n) is 9.66. The first-order valence-electron chi connectivity index (χ1n) is 5.58. The number of ether oxygens (including phenoxy) is 1. The molecule has 0 spiro atoms. The van der Waals surface area contributed by atoms with Gasteiger partial charge >= 0.3 is 0 Å². The molecule has 1 aromatic carbocycles. The van der Waals surface area contributed by atoms with Gasteiger partial charge < -0.3 is 9.84 Å². The first kappa shape index (κ1) is 11.9. The van der Waals surface area contributed by atoms with Gasteiger partial charge in [0.1, 0.15) is 0 Å². The van der Waals surface area contributed by atoms with Crippen LogP contribution in [0.2, 0.25) is 5.02 Å². The van der Waals surface area contributed by atoms with Gasteiger partial charge in [0.15, 0.2) is 0 Å². The number of benzene rings is 1. The summed E-state index contributed by atoms with van der Waals surface area (Å²) < 4.78 is 5.33. The van der Waals surface area contributed by atoms with E-state index in [0.717, 1.165) is 24.2 Å². The predicted molar refractivity (Wildman–Crippen MR) is 64.7 cm³/mol. The van der Waals surface area contributed by atoms with Gasteiger partial charge in [-0.3, -0.25) is 0 Å². The number of hydrogen-bond acceptors (Lipinski definition) is 2. The van der Waals surface area contributed by atoms with E-state index in [4.69, 9.17) is 16.3 Å². The average Bonchev–Trinajstić information content (AvgIpc) is 2.75. The van der Waals surface area contributed by atoms with Crippen molar-refractivity contribution < 1.29 is 9.84 Å². The highest BCUT2D eigenvalue weighted by atomic mass is 35.5. The van der Waals surface area contributed by atoms with E-state index in [9.17, 15) is 5.11 Å². The largest absolute Gasteiger partial charge is 0.385 e. The van der Waals surface area contributed by atoms with Crippen molar-refractivity contribution in [3.63, 3.8) is 0 Å². The second-order valence-electron chi connectivity index (χ2n) is 4.67. The van der Waals surface area contributed by atoms with Gasteiger partial charge in [-0.15, -0.1) is 0 Å². The van der Waals surface area contributed by atoms with Gasteiger partial charge in [0.2, 0.25) is 0 Å². The zero-order valence-corrected chi connectivity index (χ0v) is 10.4. The molecular weight excluding hydrogens is 224 g/mol. The molecule has 2 nitrogen and oxygen atoms in total. The van der Waals surface area contributed by atoms with E-state index in [2.05, 4.69) is 0 Å². The summed E-state index contributed by atoms with van der Waals surface area (Å²) in [6.45, 7) is 5.16. The van der Waals surface area contributed by atoms with Gasteiger partial charge in [0, 0.05) is 17.5 Å². The molecule has 0 amide bonds. The molecule has 1 saturated heterocycles. The molecule has 0 saturated carbocycles. The number of rotatable bonds is 2. The minimum atomic E-state index is -0.853. The molecule has 0 radical (unpaired) electrons. The summed E-state index contributed by atoms with van der Waals surface area (Å²) in [4.78, 5) is 0. The monoisotopic (exact) mass is 240 g/mol. The smallest absolute Gasteiger partial charge is 0.0919 e. The fourth-order valence-corrected chi connectivity index (χ4v) is 2.30. The van der Waals surface area contributed by atoms with Gasteiger partial charge in [0.25, 0.3) is 0 Å². The molecule has 1 N–H and O–H groups in total. The van der Waals surface area contributed by atoms with Gasteiger partial charge in [0.05, 0.1) is 12.2 Å². The van der Waals surface area contributed by atoms with E-state index in [-0.39, 0.29) is 5.92 Å². The Balaban J connectivity index is 2.30. The molecule has 1 heterocycles.